The first-order valence-corrected chi connectivity index (χ1v) is 19.5. The summed E-state index contributed by atoms with van der Waals surface area (Å²) in [5.41, 5.74) is 0.997. The van der Waals surface area contributed by atoms with Gasteiger partial charge in [-0.1, -0.05) is 71.4 Å². The summed E-state index contributed by atoms with van der Waals surface area (Å²) in [7, 11) is 3.61. The summed E-state index contributed by atoms with van der Waals surface area (Å²) in [4.78, 5) is 74.3. The van der Waals surface area contributed by atoms with E-state index in [1.54, 1.807) is 18.9 Å². The van der Waals surface area contributed by atoms with Gasteiger partial charge in [-0.15, -0.1) is 11.3 Å². The van der Waals surface area contributed by atoms with E-state index in [4.69, 9.17) is 4.74 Å². The van der Waals surface area contributed by atoms with Crippen molar-refractivity contribution in [1.82, 2.24) is 25.4 Å². The zero-order valence-corrected chi connectivity index (χ0v) is 33.3. The number of thiazole rings is 1. The first-order chi connectivity index (χ1) is 25.0. The van der Waals surface area contributed by atoms with Crippen molar-refractivity contribution in [2.24, 2.45) is 17.8 Å². The Morgan fingerprint density at radius 2 is 1.70 bits per heavy atom. The molecule has 1 fully saturated rings. The molecular formula is C39H59N5O8S. The number of aliphatic hydroxyl groups excluding tert-OH is 1. The second-order valence-electron chi connectivity index (χ2n) is 14.9. The second-order valence-corrected chi connectivity index (χ2v) is 16.1. The molecule has 6 unspecified atom stereocenters. The number of aliphatic hydroxyl groups is 1. The van der Waals surface area contributed by atoms with Crippen LogP contribution >= 0.6 is 11.3 Å². The molecule has 294 valence electrons. The number of piperidine rings is 1. The highest BCUT2D eigenvalue weighted by molar-refractivity contribution is 7.12. The smallest absolute Gasteiger partial charge is 0.306 e. The molecule has 1 aromatic carbocycles. The van der Waals surface area contributed by atoms with E-state index in [0.29, 0.717) is 16.3 Å². The highest BCUT2D eigenvalue weighted by Gasteiger charge is 2.37. The lowest BCUT2D eigenvalue weighted by molar-refractivity contribution is -0.149. The van der Waals surface area contributed by atoms with Crippen molar-refractivity contribution in [1.29, 1.82) is 0 Å². The topological polar surface area (TPSA) is 178 Å². The van der Waals surface area contributed by atoms with Gasteiger partial charge in [-0.2, -0.15) is 0 Å². The first-order valence-electron chi connectivity index (χ1n) is 18.7. The van der Waals surface area contributed by atoms with Gasteiger partial charge >= 0.3 is 11.9 Å². The number of hydrogen-bond acceptors (Lipinski definition) is 10. The highest BCUT2D eigenvalue weighted by Crippen LogP contribution is 2.33. The van der Waals surface area contributed by atoms with Crippen molar-refractivity contribution in [3.05, 3.63) is 51.5 Å². The summed E-state index contributed by atoms with van der Waals surface area (Å²) >= 11 is 1.15. The zero-order chi connectivity index (χ0) is 39.4. The fourth-order valence-electron chi connectivity index (χ4n) is 6.88. The number of rotatable bonds is 19. The summed E-state index contributed by atoms with van der Waals surface area (Å²) in [5.74, 6) is -3.48. The molecule has 3 amide bonds. The molecule has 2 heterocycles. The molecule has 0 saturated carbocycles. The Morgan fingerprint density at radius 1 is 1.02 bits per heavy atom. The third kappa shape index (κ3) is 12.6. The van der Waals surface area contributed by atoms with Crippen molar-refractivity contribution in [2.75, 3.05) is 27.2 Å². The van der Waals surface area contributed by atoms with Gasteiger partial charge in [-0.25, -0.2) is 4.98 Å². The van der Waals surface area contributed by atoms with E-state index in [1.165, 1.54) is 6.92 Å². The molecule has 13 nitrogen and oxygen atoms in total. The third-order valence-electron chi connectivity index (χ3n) is 9.95. The number of amides is 3. The van der Waals surface area contributed by atoms with E-state index >= 15 is 0 Å². The predicted octanol–water partition coefficient (Wildman–Crippen LogP) is 4.23. The highest BCUT2D eigenvalue weighted by atomic mass is 32.1. The number of nitrogens with zero attached hydrogens (tertiary/aromatic N) is 3. The Balaban J connectivity index is 1.90. The SMILES string of the molecule is CC(=O)OC(CC(C(C)C)N(C)C(=O)C(NC(=O)C1CCCCN1C)C(C)C)c1nc(C(=O)NC(Cc2ccccc2)CC(C)C(=O)O)c(CCO)s1. The lowest BCUT2D eigenvalue weighted by atomic mass is 9.94. The van der Waals surface area contributed by atoms with Gasteiger partial charge in [0.2, 0.25) is 11.8 Å². The van der Waals surface area contributed by atoms with E-state index in [2.05, 4.69) is 15.6 Å². The minimum Gasteiger partial charge on any atom is -0.481 e. The molecule has 3 rings (SSSR count). The maximum absolute atomic E-state index is 14.1. The van der Waals surface area contributed by atoms with Crippen LogP contribution in [0, 0.1) is 17.8 Å². The number of esters is 1. The minimum absolute atomic E-state index is 0.0676. The molecular weight excluding hydrogens is 699 g/mol. The van der Waals surface area contributed by atoms with Gasteiger partial charge in [-0.05, 0) is 56.7 Å². The molecule has 0 radical (unpaired) electrons. The average Bonchev–Trinajstić information content (AvgIpc) is 3.52. The summed E-state index contributed by atoms with van der Waals surface area (Å²) in [6.07, 6.45) is 2.67. The Kier molecular flexibility index (Phi) is 16.9. The molecule has 1 aliphatic heterocycles. The third-order valence-corrected chi connectivity index (χ3v) is 11.2. The molecule has 2 aromatic rings. The number of carboxylic acid groups (broad SMARTS) is 1. The molecule has 0 aliphatic carbocycles. The van der Waals surface area contributed by atoms with Crippen LogP contribution in [-0.2, 0) is 36.8 Å². The number of hydrogen-bond donors (Lipinski definition) is 4. The summed E-state index contributed by atoms with van der Waals surface area (Å²) in [6.45, 7) is 11.2. The van der Waals surface area contributed by atoms with Crippen LogP contribution in [0.25, 0.3) is 0 Å². The number of likely N-dealkylation sites (N-methyl/N-ethyl adjacent to an activating group) is 2. The van der Waals surface area contributed by atoms with Crippen molar-refractivity contribution < 1.29 is 38.9 Å². The lowest BCUT2D eigenvalue weighted by Crippen LogP contribution is -2.57. The van der Waals surface area contributed by atoms with Crippen molar-refractivity contribution in [3.63, 3.8) is 0 Å². The molecule has 1 saturated heterocycles. The zero-order valence-electron chi connectivity index (χ0n) is 32.5. The summed E-state index contributed by atoms with van der Waals surface area (Å²) < 4.78 is 5.81. The largest absolute Gasteiger partial charge is 0.481 e. The number of benzene rings is 1. The van der Waals surface area contributed by atoms with E-state index in [0.717, 1.165) is 42.7 Å². The quantitative estimate of drug-likeness (QED) is 0.152. The Labute approximate surface area is 317 Å². The number of likely N-dealkylation sites (tertiary alicyclic amines) is 1. The number of carboxylic acids is 1. The van der Waals surface area contributed by atoms with Crippen molar-refractivity contribution in [3.8, 4) is 0 Å². The standard InChI is InChI=1S/C39H59N5O8S/c1-23(2)30(44(8)38(49)33(24(3)4)41-35(47)29-16-12-13-18-43(29)7)22-31(52-26(6)46)37-42-34(32(53-37)17-19-45)36(48)40-28(20-25(5)39(50)51)21-27-14-10-9-11-15-27/h9-11,14-15,23-25,28-31,33,45H,12-13,16-22H2,1-8H3,(H,40,48)(H,41,47)(H,50,51). The van der Waals surface area contributed by atoms with E-state index in [1.807, 2.05) is 70.0 Å². The van der Waals surface area contributed by atoms with E-state index < -0.39 is 48.0 Å². The fraction of sp³-hybridized carbons (Fsp3) is 0.641. The molecule has 1 aliphatic rings. The van der Waals surface area contributed by atoms with Gasteiger partial charge in [0.25, 0.3) is 5.91 Å². The number of ether oxygens (including phenoxy) is 1. The van der Waals surface area contributed by atoms with Crippen LogP contribution in [0.4, 0.5) is 0 Å². The Bertz CT molecular complexity index is 1530. The van der Waals surface area contributed by atoms with Crippen LogP contribution in [0.15, 0.2) is 30.3 Å². The lowest BCUT2D eigenvalue weighted by Gasteiger charge is -2.37. The van der Waals surface area contributed by atoms with Crippen LogP contribution in [0.1, 0.15) is 106 Å². The second kappa shape index (κ2) is 20.5. The fourth-order valence-corrected chi connectivity index (χ4v) is 7.97. The number of carbonyl (C=O) groups excluding carboxylic acids is 4. The van der Waals surface area contributed by atoms with E-state index in [-0.39, 0.29) is 61.3 Å². The Hall–Kier alpha value is -3.88. The Morgan fingerprint density at radius 3 is 2.26 bits per heavy atom. The number of aromatic nitrogens is 1. The maximum atomic E-state index is 14.1. The number of carbonyl (C=O) groups is 5. The van der Waals surface area contributed by atoms with Gasteiger partial charge in [0.05, 0.1) is 12.0 Å². The van der Waals surface area contributed by atoms with Gasteiger partial charge in [-0.3, -0.25) is 28.9 Å². The molecule has 6 atom stereocenters. The van der Waals surface area contributed by atoms with Gasteiger partial charge in [0.15, 0.2) is 6.10 Å². The van der Waals surface area contributed by atoms with Crippen LogP contribution < -0.4 is 10.6 Å². The van der Waals surface area contributed by atoms with Gasteiger partial charge < -0.3 is 30.5 Å². The molecule has 0 bridgehead atoms. The normalized spacial score (nSPS) is 17.8. The van der Waals surface area contributed by atoms with E-state index in [9.17, 15) is 34.2 Å². The minimum atomic E-state index is -0.972. The van der Waals surface area contributed by atoms with Gasteiger partial charge in [0.1, 0.15) is 16.7 Å². The molecule has 53 heavy (non-hydrogen) atoms. The number of aliphatic carboxylic acids is 1. The average molecular weight is 758 g/mol. The monoisotopic (exact) mass is 757 g/mol. The number of nitrogens with one attached hydrogen (secondary N) is 2. The molecule has 14 heteroatoms. The van der Waals surface area contributed by atoms with Gasteiger partial charge in [0, 0.05) is 50.4 Å². The van der Waals surface area contributed by atoms with Crippen molar-refractivity contribution in [2.45, 2.75) is 117 Å². The van der Waals surface area contributed by atoms with Crippen LogP contribution in [0.2, 0.25) is 0 Å². The first kappa shape index (κ1) is 43.5. The molecule has 1 aromatic heterocycles. The van der Waals surface area contributed by atoms with Crippen molar-refractivity contribution >= 4 is 41.0 Å². The maximum Gasteiger partial charge on any atom is 0.306 e. The van der Waals surface area contributed by atoms with Crippen LogP contribution in [0.5, 0.6) is 0 Å². The molecule has 0 spiro atoms. The predicted molar refractivity (Wildman–Crippen MR) is 203 cm³/mol. The summed E-state index contributed by atoms with van der Waals surface area (Å²) in [6, 6.07) is 7.41. The molecule has 4 N–H and O–H groups in total. The van der Waals surface area contributed by atoms with Crippen LogP contribution in [-0.4, -0.2) is 106 Å². The van der Waals surface area contributed by atoms with Crippen LogP contribution in [0.3, 0.4) is 0 Å². The summed E-state index contributed by atoms with van der Waals surface area (Å²) in [5, 5.41) is 25.9.